The Hall–Kier alpha value is -2.89. The van der Waals surface area contributed by atoms with Gasteiger partial charge in [0, 0.05) is 37.0 Å². The summed E-state index contributed by atoms with van der Waals surface area (Å²) in [5, 5.41) is 8.56. The van der Waals surface area contributed by atoms with E-state index in [1.807, 2.05) is 57.6 Å². The highest BCUT2D eigenvalue weighted by molar-refractivity contribution is 5.91. The summed E-state index contributed by atoms with van der Waals surface area (Å²) in [4.78, 5) is 14.9. The molecule has 0 fully saturated rings. The fourth-order valence-corrected chi connectivity index (χ4v) is 3.29. The van der Waals surface area contributed by atoms with Crippen LogP contribution in [0.5, 0.6) is 0 Å². The van der Waals surface area contributed by atoms with E-state index in [9.17, 15) is 4.79 Å². The third kappa shape index (κ3) is 4.32. The number of carbonyl (C=O) groups excluding carboxylic acids is 1. The van der Waals surface area contributed by atoms with Gasteiger partial charge in [-0.1, -0.05) is 35.5 Å². The van der Waals surface area contributed by atoms with E-state index in [4.69, 9.17) is 4.52 Å². The molecule has 1 aromatic carbocycles. The Morgan fingerprint density at radius 3 is 2.50 bits per heavy atom. The normalized spacial score (nSPS) is 11.2. The van der Waals surface area contributed by atoms with Crippen LogP contribution in [0, 0.1) is 13.8 Å². The molecule has 0 bridgehead atoms. The first-order valence-corrected chi connectivity index (χ1v) is 9.66. The number of aryl methyl sites for hydroxylation is 4. The van der Waals surface area contributed by atoms with Crippen molar-refractivity contribution >= 4 is 5.91 Å². The monoisotopic (exact) mass is 380 g/mol. The maximum atomic E-state index is 13.1. The molecule has 0 aliphatic heterocycles. The summed E-state index contributed by atoms with van der Waals surface area (Å²) in [5.41, 5.74) is 5.12. The van der Waals surface area contributed by atoms with Crippen LogP contribution in [0.2, 0.25) is 0 Å². The van der Waals surface area contributed by atoms with Gasteiger partial charge in [0.05, 0.1) is 11.4 Å². The first-order chi connectivity index (χ1) is 13.4. The van der Waals surface area contributed by atoms with E-state index < -0.39 is 0 Å². The summed E-state index contributed by atoms with van der Waals surface area (Å²) in [7, 11) is 1.92. The number of carbonyl (C=O) groups is 1. The molecule has 0 aliphatic carbocycles. The van der Waals surface area contributed by atoms with Crippen molar-refractivity contribution in [1.82, 2.24) is 19.8 Å². The van der Waals surface area contributed by atoms with Crippen molar-refractivity contribution in [3.05, 3.63) is 70.4 Å². The van der Waals surface area contributed by atoms with Crippen molar-refractivity contribution in [3.63, 3.8) is 0 Å². The molecule has 6 heteroatoms. The molecular formula is C22H28N4O2. The Labute approximate surface area is 166 Å². The first kappa shape index (κ1) is 19.9. The minimum atomic E-state index is -0.142. The zero-order valence-electron chi connectivity index (χ0n) is 17.3. The van der Waals surface area contributed by atoms with Crippen molar-refractivity contribution in [2.24, 2.45) is 7.05 Å². The van der Waals surface area contributed by atoms with E-state index in [1.165, 1.54) is 5.56 Å². The second-order valence-electron chi connectivity index (χ2n) is 7.47. The molecule has 0 radical (unpaired) electrons. The van der Waals surface area contributed by atoms with Gasteiger partial charge in [-0.2, -0.15) is 5.10 Å². The van der Waals surface area contributed by atoms with Gasteiger partial charge < -0.3 is 9.42 Å². The van der Waals surface area contributed by atoms with E-state index in [-0.39, 0.29) is 17.7 Å². The smallest absolute Gasteiger partial charge is 0.293 e. The lowest BCUT2D eigenvalue weighted by atomic mass is 10.1. The molecule has 3 aromatic rings. The van der Waals surface area contributed by atoms with Gasteiger partial charge in [-0.25, -0.2) is 0 Å². The third-order valence-electron chi connectivity index (χ3n) is 5.15. The molecule has 0 saturated heterocycles. The lowest BCUT2D eigenvalue weighted by Crippen LogP contribution is -2.36. The lowest BCUT2D eigenvalue weighted by molar-refractivity contribution is 0.0647. The standard InChI is InChI=1S/C22H28N4O2/c1-15(2)26(14-20-16(3)23-25(5)17(20)4)22(27)21-13-19(24-28-21)12-11-18-9-7-6-8-10-18/h6-10,13,15H,11-12,14H2,1-5H3. The van der Waals surface area contributed by atoms with Crippen LogP contribution in [-0.2, 0) is 26.4 Å². The molecule has 28 heavy (non-hydrogen) atoms. The molecule has 0 unspecified atom stereocenters. The predicted molar refractivity (Wildman–Crippen MR) is 108 cm³/mol. The molecule has 6 nitrogen and oxygen atoms in total. The Morgan fingerprint density at radius 2 is 1.89 bits per heavy atom. The molecule has 0 aliphatic rings. The van der Waals surface area contributed by atoms with Gasteiger partial charge in [0.2, 0.25) is 5.76 Å². The number of rotatable bonds is 7. The summed E-state index contributed by atoms with van der Waals surface area (Å²) in [6, 6.07) is 12.0. The Balaban J connectivity index is 1.72. The molecule has 0 atom stereocenters. The number of hydrogen-bond acceptors (Lipinski definition) is 4. The zero-order valence-corrected chi connectivity index (χ0v) is 17.3. The second kappa shape index (κ2) is 8.42. The summed E-state index contributed by atoms with van der Waals surface area (Å²) < 4.78 is 7.24. The highest BCUT2D eigenvalue weighted by Crippen LogP contribution is 2.19. The van der Waals surface area contributed by atoms with Crippen molar-refractivity contribution in [2.45, 2.75) is 53.1 Å². The van der Waals surface area contributed by atoms with Crippen molar-refractivity contribution in [2.75, 3.05) is 0 Å². The quantitative estimate of drug-likeness (QED) is 0.624. The van der Waals surface area contributed by atoms with Crippen LogP contribution in [0.15, 0.2) is 40.9 Å². The van der Waals surface area contributed by atoms with Gasteiger partial charge in [0.25, 0.3) is 5.91 Å². The summed E-state index contributed by atoms with van der Waals surface area (Å²) in [6.45, 7) is 8.51. The summed E-state index contributed by atoms with van der Waals surface area (Å²) >= 11 is 0. The van der Waals surface area contributed by atoms with Crippen LogP contribution in [-0.4, -0.2) is 31.8 Å². The lowest BCUT2D eigenvalue weighted by Gasteiger charge is -2.25. The minimum absolute atomic E-state index is 0.0318. The zero-order chi connectivity index (χ0) is 20.3. The fourth-order valence-electron chi connectivity index (χ4n) is 3.29. The SMILES string of the molecule is Cc1nn(C)c(C)c1CN(C(=O)c1cc(CCc2ccccc2)no1)C(C)C. The highest BCUT2D eigenvalue weighted by atomic mass is 16.5. The van der Waals surface area contributed by atoms with E-state index in [2.05, 4.69) is 22.4 Å². The molecule has 2 heterocycles. The van der Waals surface area contributed by atoms with Crippen LogP contribution in [0.1, 0.15) is 52.6 Å². The first-order valence-electron chi connectivity index (χ1n) is 9.66. The highest BCUT2D eigenvalue weighted by Gasteiger charge is 2.25. The van der Waals surface area contributed by atoms with E-state index >= 15 is 0 Å². The molecule has 148 valence electrons. The predicted octanol–water partition coefficient (Wildman–Crippen LogP) is 3.86. The molecule has 2 aromatic heterocycles. The number of aromatic nitrogens is 3. The molecule has 1 amide bonds. The number of hydrogen-bond donors (Lipinski definition) is 0. The Kier molecular flexibility index (Phi) is 5.97. The molecule has 0 N–H and O–H groups in total. The van der Waals surface area contributed by atoms with Crippen LogP contribution in [0.4, 0.5) is 0 Å². The molecular weight excluding hydrogens is 352 g/mol. The third-order valence-corrected chi connectivity index (χ3v) is 5.15. The van der Waals surface area contributed by atoms with Crippen LogP contribution >= 0.6 is 0 Å². The minimum Gasteiger partial charge on any atom is -0.351 e. The van der Waals surface area contributed by atoms with Gasteiger partial charge >= 0.3 is 0 Å². The van der Waals surface area contributed by atoms with Crippen molar-refractivity contribution in [1.29, 1.82) is 0 Å². The van der Waals surface area contributed by atoms with Crippen LogP contribution < -0.4 is 0 Å². The van der Waals surface area contributed by atoms with Gasteiger partial charge in [-0.3, -0.25) is 9.48 Å². The maximum Gasteiger partial charge on any atom is 0.293 e. The van der Waals surface area contributed by atoms with Gasteiger partial charge in [-0.15, -0.1) is 0 Å². The van der Waals surface area contributed by atoms with E-state index in [1.54, 1.807) is 11.0 Å². The average molecular weight is 380 g/mol. The maximum absolute atomic E-state index is 13.1. The largest absolute Gasteiger partial charge is 0.351 e. The fraction of sp³-hybridized carbons (Fsp3) is 0.409. The van der Waals surface area contributed by atoms with Gasteiger partial charge in [0.15, 0.2) is 0 Å². The Morgan fingerprint density at radius 1 is 1.18 bits per heavy atom. The molecule has 3 rings (SSSR count). The summed E-state index contributed by atoms with van der Waals surface area (Å²) in [5.74, 6) is 0.145. The Bertz CT molecular complexity index is 941. The van der Waals surface area contributed by atoms with Crippen LogP contribution in [0.3, 0.4) is 0 Å². The van der Waals surface area contributed by atoms with Crippen molar-refractivity contribution < 1.29 is 9.32 Å². The number of benzene rings is 1. The summed E-state index contributed by atoms with van der Waals surface area (Å²) in [6.07, 6.45) is 1.60. The van der Waals surface area contributed by atoms with Gasteiger partial charge in [0.1, 0.15) is 0 Å². The molecule has 0 spiro atoms. The van der Waals surface area contributed by atoms with E-state index in [0.717, 1.165) is 35.5 Å². The van der Waals surface area contributed by atoms with Crippen LogP contribution in [0.25, 0.3) is 0 Å². The number of nitrogens with zero attached hydrogens (tertiary/aromatic N) is 4. The van der Waals surface area contributed by atoms with Crippen molar-refractivity contribution in [3.8, 4) is 0 Å². The topological polar surface area (TPSA) is 64.2 Å². The number of amides is 1. The molecule has 0 saturated carbocycles. The van der Waals surface area contributed by atoms with E-state index in [0.29, 0.717) is 6.54 Å². The second-order valence-corrected chi connectivity index (χ2v) is 7.47. The average Bonchev–Trinajstić information content (AvgIpc) is 3.24. The van der Waals surface area contributed by atoms with Gasteiger partial charge in [-0.05, 0) is 46.1 Å².